The molecule has 23 heavy (non-hydrogen) atoms. The van der Waals surface area contributed by atoms with Crippen molar-refractivity contribution in [1.29, 1.82) is 0 Å². The molecule has 1 saturated heterocycles. The van der Waals surface area contributed by atoms with Gasteiger partial charge in [-0.15, -0.1) is 15.3 Å². The first-order valence-corrected chi connectivity index (χ1v) is 8.08. The van der Waals surface area contributed by atoms with Crippen molar-refractivity contribution in [2.24, 2.45) is 0 Å². The van der Waals surface area contributed by atoms with E-state index in [9.17, 15) is 4.79 Å². The minimum atomic E-state index is -0.0698. The standard InChI is InChI=1S/C14H18N6O2S/c1-9-13(23-18-15-9)14(21)20-7-6-10(8-20)22-12-5-4-11(16-17-12)19(2)3/h4-5,10H,6-8H2,1-3H3/t10-/m0/s1. The SMILES string of the molecule is Cc1nnsc1C(=O)N1CC[C@H](Oc2ccc(N(C)C)nn2)C1. The van der Waals surface area contributed by atoms with Crippen LogP contribution in [0.15, 0.2) is 12.1 Å². The summed E-state index contributed by atoms with van der Waals surface area (Å²) in [6.45, 7) is 2.99. The zero-order chi connectivity index (χ0) is 16.4. The molecule has 0 saturated carbocycles. The maximum atomic E-state index is 12.4. The molecule has 0 spiro atoms. The molecular weight excluding hydrogens is 316 g/mol. The van der Waals surface area contributed by atoms with Crippen LogP contribution in [0.3, 0.4) is 0 Å². The molecule has 0 aromatic carbocycles. The molecule has 2 aromatic heterocycles. The van der Waals surface area contributed by atoms with E-state index in [1.165, 1.54) is 0 Å². The van der Waals surface area contributed by atoms with Crippen LogP contribution in [0.4, 0.5) is 5.82 Å². The third kappa shape index (κ3) is 3.39. The Bertz CT molecular complexity index is 687. The molecular formula is C14H18N6O2S. The number of aryl methyl sites for hydroxylation is 1. The smallest absolute Gasteiger partial charge is 0.267 e. The number of aromatic nitrogens is 4. The van der Waals surface area contributed by atoms with Gasteiger partial charge in [-0.3, -0.25) is 4.79 Å². The Morgan fingerprint density at radius 2 is 2.17 bits per heavy atom. The Labute approximate surface area is 138 Å². The minimum absolute atomic E-state index is 0.0300. The lowest BCUT2D eigenvalue weighted by Gasteiger charge is -2.16. The van der Waals surface area contributed by atoms with Crippen LogP contribution in [-0.4, -0.2) is 63.9 Å². The van der Waals surface area contributed by atoms with E-state index in [4.69, 9.17) is 4.74 Å². The first-order valence-electron chi connectivity index (χ1n) is 7.30. The molecule has 3 heterocycles. The van der Waals surface area contributed by atoms with Gasteiger partial charge in [-0.2, -0.15) is 0 Å². The second-order valence-corrected chi connectivity index (χ2v) is 6.35. The number of ether oxygens (including phenoxy) is 1. The van der Waals surface area contributed by atoms with E-state index in [-0.39, 0.29) is 12.0 Å². The summed E-state index contributed by atoms with van der Waals surface area (Å²) in [5.41, 5.74) is 0.675. The van der Waals surface area contributed by atoms with Crippen molar-refractivity contribution in [3.63, 3.8) is 0 Å². The summed E-state index contributed by atoms with van der Waals surface area (Å²) in [4.78, 5) is 16.7. The maximum Gasteiger partial charge on any atom is 0.267 e. The van der Waals surface area contributed by atoms with Crippen molar-refractivity contribution in [2.75, 3.05) is 32.1 Å². The van der Waals surface area contributed by atoms with Gasteiger partial charge in [-0.05, 0) is 24.5 Å². The summed E-state index contributed by atoms with van der Waals surface area (Å²) < 4.78 is 9.64. The quantitative estimate of drug-likeness (QED) is 0.824. The molecule has 0 radical (unpaired) electrons. The van der Waals surface area contributed by atoms with Crippen LogP contribution in [0.5, 0.6) is 5.88 Å². The highest BCUT2D eigenvalue weighted by molar-refractivity contribution is 7.07. The van der Waals surface area contributed by atoms with Gasteiger partial charge in [-0.25, -0.2) is 0 Å². The van der Waals surface area contributed by atoms with E-state index < -0.39 is 0 Å². The number of hydrogen-bond acceptors (Lipinski definition) is 8. The van der Waals surface area contributed by atoms with Crippen molar-refractivity contribution < 1.29 is 9.53 Å². The van der Waals surface area contributed by atoms with E-state index in [1.54, 1.807) is 17.9 Å². The van der Waals surface area contributed by atoms with Gasteiger partial charge in [0.05, 0.1) is 12.2 Å². The highest BCUT2D eigenvalue weighted by Gasteiger charge is 2.30. The summed E-state index contributed by atoms with van der Waals surface area (Å²) in [5.74, 6) is 1.22. The second-order valence-electron chi connectivity index (χ2n) is 5.59. The Kier molecular flexibility index (Phi) is 4.37. The predicted octanol–water partition coefficient (Wildman–Crippen LogP) is 0.996. The second kappa shape index (κ2) is 6.45. The first-order chi connectivity index (χ1) is 11.0. The van der Waals surface area contributed by atoms with E-state index in [2.05, 4.69) is 19.8 Å². The van der Waals surface area contributed by atoms with Crippen LogP contribution in [0.2, 0.25) is 0 Å². The fourth-order valence-electron chi connectivity index (χ4n) is 2.37. The molecule has 0 N–H and O–H groups in total. The van der Waals surface area contributed by atoms with Crippen molar-refractivity contribution in [2.45, 2.75) is 19.4 Å². The van der Waals surface area contributed by atoms with E-state index in [0.717, 1.165) is 23.8 Å². The van der Waals surface area contributed by atoms with Crippen molar-refractivity contribution in [3.05, 3.63) is 22.7 Å². The lowest BCUT2D eigenvalue weighted by atomic mass is 10.3. The molecule has 0 aliphatic carbocycles. The molecule has 0 unspecified atom stereocenters. The number of hydrogen-bond donors (Lipinski definition) is 0. The predicted molar refractivity (Wildman–Crippen MR) is 85.9 cm³/mol. The maximum absolute atomic E-state index is 12.4. The largest absolute Gasteiger partial charge is 0.471 e. The number of anilines is 1. The number of amides is 1. The molecule has 122 valence electrons. The Morgan fingerprint density at radius 3 is 2.78 bits per heavy atom. The highest BCUT2D eigenvalue weighted by atomic mass is 32.1. The van der Waals surface area contributed by atoms with Crippen molar-refractivity contribution >= 4 is 23.3 Å². The van der Waals surface area contributed by atoms with Gasteiger partial charge < -0.3 is 14.5 Å². The molecule has 2 aromatic rings. The molecule has 1 aliphatic rings. The van der Waals surface area contributed by atoms with Gasteiger partial charge in [-0.1, -0.05) is 4.49 Å². The minimum Gasteiger partial charge on any atom is -0.471 e. The molecule has 1 amide bonds. The van der Waals surface area contributed by atoms with Crippen LogP contribution in [0.1, 0.15) is 21.8 Å². The zero-order valence-corrected chi connectivity index (χ0v) is 14.1. The van der Waals surface area contributed by atoms with E-state index >= 15 is 0 Å². The van der Waals surface area contributed by atoms with Crippen LogP contribution < -0.4 is 9.64 Å². The van der Waals surface area contributed by atoms with Gasteiger partial charge in [0, 0.05) is 33.1 Å². The molecule has 3 rings (SSSR count). The summed E-state index contributed by atoms with van der Waals surface area (Å²) in [5, 5.41) is 12.0. The lowest BCUT2D eigenvalue weighted by Crippen LogP contribution is -2.31. The summed E-state index contributed by atoms with van der Waals surface area (Å²) in [6, 6.07) is 3.65. The first kappa shape index (κ1) is 15.6. The fraction of sp³-hybridized carbons (Fsp3) is 0.500. The Hall–Kier alpha value is -2.29. The van der Waals surface area contributed by atoms with Crippen LogP contribution in [0.25, 0.3) is 0 Å². The van der Waals surface area contributed by atoms with Gasteiger partial charge in [0.15, 0.2) is 5.82 Å². The van der Waals surface area contributed by atoms with Crippen molar-refractivity contribution in [1.82, 2.24) is 24.7 Å². The third-order valence-corrected chi connectivity index (χ3v) is 4.47. The van der Waals surface area contributed by atoms with Crippen molar-refractivity contribution in [3.8, 4) is 5.88 Å². The molecule has 9 heteroatoms. The topological polar surface area (TPSA) is 84.3 Å². The Morgan fingerprint density at radius 1 is 1.35 bits per heavy atom. The molecule has 1 fully saturated rings. The van der Waals surface area contributed by atoms with Gasteiger partial charge in [0.1, 0.15) is 11.0 Å². The molecule has 1 atom stereocenters. The van der Waals surface area contributed by atoms with Gasteiger partial charge >= 0.3 is 0 Å². The molecule has 8 nitrogen and oxygen atoms in total. The number of nitrogens with zero attached hydrogens (tertiary/aromatic N) is 6. The fourth-order valence-corrected chi connectivity index (χ4v) is 2.99. The number of carbonyl (C=O) groups excluding carboxylic acids is 1. The van der Waals surface area contributed by atoms with Gasteiger partial charge in [0.2, 0.25) is 5.88 Å². The monoisotopic (exact) mass is 334 g/mol. The van der Waals surface area contributed by atoms with E-state index in [0.29, 0.717) is 29.5 Å². The van der Waals surface area contributed by atoms with Crippen LogP contribution >= 0.6 is 11.5 Å². The van der Waals surface area contributed by atoms with Gasteiger partial charge in [0.25, 0.3) is 5.91 Å². The Balaban J connectivity index is 1.59. The zero-order valence-electron chi connectivity index (χ0n) is 13.3. The average Bonchev–Trinajstić information content (AvgIpc) is 3.16. The van der Waals surface area contributed by atoms with Crippen LogP contribution in [-0.2, 0) is 0 Å². The van der Waals surface area contributed by atoms with E-state index in [1.807, 2.05) is 25.1 Å². The van der Waals surface area contributed by atoms with Crippen LogP contribution in [0, 0.1) is 6.92 Å². The third-order valence-electron chi connectivity index (χ3n) is 3.65. The number of carbonyl (C=O) groups is 1. The summed E-state index contributed by atoms with van der Waals surface area (Å²) in [6.07, 6.45) is 0.702. The number of rotatable bonds is 4. The molecule has 1 aliphatic heterocycles. The normalized spacial score (nSPS) is 17.3. The summed E-state index contributed by atoms with van der Waals surface area (Å²) in [7, 11) is 3.81. The highest BCUT2D eigenvalue weighted by Crippen LogP contribution is 2.21. The molecule has 0 bridgehead atoms. The summed E-state index contributed by atoms with van der Waals surface area (Å²) >= 11 is 1.13. The number of likely N-dealkylation sites (tertiary alicyclic amines) is 1. The lowest BCUT2D eigenvalue weighted by molar-refractivity contribution is 0.0774. The average molecular weight is 334 g/mol.